The first-order valence-electron chi connectivity index (χ1n) is 3.00. The van der Waals surface area contributed by atoms with Crippen molar-refractivity contribution in [1.82, 2.24) is 0 Å². The van der Waals surface area contributed by atoms with Crippen molar-refractivity contribution in [3.63, 3.8) is 0 Å². The van der Waals surface area contributed by atoms with Gasteiger partial charge in [-0.15, -0.1) is 0 Å². The number of rotatable bonds is 5. The largest absolute Gasteiger partial charge is 0.425 e. The molecule has 0 heterocycles. The molecule has 0 aliphatic heterocycles. The lowest BCUT2D eigenvalue weighted by Crippen LogP contribution is -2.02. The fraction of sp³-hybridized carbons (Fsp3) is 0.571. The summed E-state index contributed by atoms with van der Waals surface area (Å²) in [5.74, 6) is 0. The Balaban J connectivity index is 2.92. The average Bonchev–Trinajstić information content (AvgIpc) is 1.87. The maximum Gasteiger partial charge on any atom is 0.286 e. The van der Waals surface area contributed by atoms with E-state index in [2.05, 4.69) is 11.3 Å². The fourth-order valence-corrected chi connectivity index (χ4v) is 0.393. The second-order valence-electron chi connectivity index (χ2n) is 1.95. The molecule has 0 amide bonds. The van der Waals surface area contributed by atoms with Gasteiger partial charge in [-0.3, -0.25) is 0 Å². The second kappa shape index (κ2) is 6.12. The van der Waals surface area contributed by atoms with Crippen molar-refractivity contribution in [2.24, 2.45) is 0 Å². The van der Waals surface area contributed by atoms with Gasteiger partial charge in [0.15, 0.2) is 0 Å². The van der Waals surface area contributed by atoms with Gasteiger partial charge in [0.05, 0.1) is 13.2 Å². The molecule has 0 aliphatic rings. The summed E-state index contributed by atoms with van der Waals surface area (Å²) in [6.07, 6.45) is 1.55. The molecule has 0 fully saturated rings. The smallest absolute Gasteiger partial charge is 0.286 e. The summed E-state index contributed by atoms with van der Waals surface area (Å²) in [4.78, 5) is 0. The van der Waals surface area contributed by atoms with E-state index in [4.69, 9.17) is 10.00 Å². The molecule has 0 bridgehead atoms. The number of hydrogen-bond donors (Lipinski definition) is 0. The highest BCUT2D eigenvalue weighted by Crippen LogP contribution is 1.87. The minimum Gasteiger partial charge on any atom is -0.425 e. The Morgan fingerprint density at radius 2 is 2.30 bits per heavy atom. The van der Waals surface area contributed by atoms with Gasteiger partial charge in [-0.1, -0.05) is 12.2 Å². The normalized spacial score (nSPS) is 8.40. The van der Waals surface area contributed by atoms with Crippen LogP contribution in [0, 0.1) is 11.5 Å². The van der Waals surface area contributed by atoms with Crippen molar-refractivity contribution >= 4 is 0 Å². The van der Waals surface area contributed by atoms with E-state index in [9.17, 15) is 0 Å². The van der Waals surface area contributed by atoms with E-state index in [0.29, 0.717) is 19.8 Å². The summed E-state index contributed by atoms with van der Waals surface area (Å²) in [7, 11) is 0. The number of nitrogens with zero attached hydrogens (tertiary/aromatic N) is 1. The molecule has 10 heavy (non-hydrogen) atoms. The lowest BCUT2D eigenvalue weighted by atomic mass is 10.4. The van der Waals surface area contributed by atoms with Crippen LogP contribution in [-0.2, 0) is 9.47 Å². The second-order valence-corrected chi connectivity index (χ2v) is 1.95. The number of hydrogen-bond acceptors (Lipinski definition) is 3. The van der Waals surface area contributed by atoms with E-state index in [1.807, 2.05) is 6.92 Å². The van der Waals surface area contributed by atoms with Gasteiger partial charge in [-0.2, -0.15) is 5.26 Å². The van der Waals surface area contributed by atoms with Crippen LogP contribution in [-0.4, -0.2) is 19.8 Å². The summed E-state index contributed by atoms with van der Waals surface area (Å²) < 4.78 is 9.39. The first kappa shape index (κ1) is 8.99. The highest BCUT2D eigenvalue weighted by Gasteiger charge is 1.87. The third-order valence-electron chi connectivity index (χ3n) is 0.743. The molecule has 0 atom stereocenters. The zero-order valence-electron chi connectivity index (χ0n) is 6.09. The number of ether oxygens (including phenoxy) is 2. The predicted octanol–water partition coefficient (Wildman–Crippen LogP) is 1.08. The molecule has 3 heteroatoms. The minimum atomic E-state index is 0.323. The Morgan fingerprint density at radius 3 is 2.80 bits per heavy atom. The number of nitriles is 1. The molecule has 0 aromatic rings. The van der Waals surface area contributed by atoms with Crippen LogP contribution in [0.15, 0.2) is 12.2 Å². The lowest BCUT2D eigenvalue weighted by Gasteiger charge is -2.00. The molecule has 0 aliphatic carbocycles. The first-order valence-corrected chi connectivity index (χ1v) is 3.00. The predicted molar refractivity (Wildman–Crippen MR) is 37.2 cm³/mol. The molecule has 0 aromatic carbocycles. The topological polar surface area (TPSA) is 42.2 Å². The van der Waals surface area contributed by atoms with E-state index in [-0.39, 0.29) is 0 Å². The quantitative estimate of drug-likeness (QED) is 0.327. The molecule has 56 valence electrons. The van der Waals surface area contributed by atoms with Crippen molar-refractivity contribution < 1.29 is 9.47 Å². The van der Waals surface area contributed by atoms with Gasteiger partial charge in [-0.25, -0.2) is 0 Å². The van der Waals surface area contributed by atoms with Crippen LogP contribution in [0.2, 0.25) is 0 Å². The zero-order valence-corrected chi connectivity index (χ0v) is 6.09. The third kappa shape index (κ3) is 6.99. The summed E-state index contributed by atoms with van der Waals surface area (Å²) in [5.41, 5.74) is 0.969. The SMILES string of the molecule is C=C(C)COCCOC#N. The van der Waals surface area contributed by atoms with Crippen molar-refractivity contribution in [3.8, 4) is 6.26 Å². The van der Waals surface area contributed by atoms with E-state index < -0.39 is 0 Å². The molecule has 0 aromatic heterocycles. The van der Waals surface area contributed by atoms with E-state index in [0.717, 1.165) is 5.57 Å². The Morgan fingerprint density at radius 1 is 1.60 bits per heavy atom. The van der Waals surface area contributed by atoms with Gasteiger partial charge in [0, 0.05) is 0 Å². The molecular weight excluding hydrogens is 130 g/mol. The van der Waals surface area contributed by atoms with E-state index in [1.54, 1.807) is 6.26 Å². The van der Waals surface area contributed by atoms with Gasteiger partial charge in [-0.05, 0) is 6.92 Å². The Hall–Kier alpha value is -1.01. The molecular formula is C7H11NO2. The Kier molecular flexibility index (Phi) is 5.50. The van der Waals surface area contributed by atoms with Crippen LogP contribution < -0.4 is 0 Å². The summed E-state index contributed by atoms with van der Waals surface area (Å²) in [6.45, 7) is 6.83. The maximum absolute atomic E-state index is 7.93. The van der Waals surface area contributed by atoms with E-state index >= 15 is 0 Å². The molecule has 0 radical (unpaired) electrons. The molecule has 0 spiro atoms. The van der Waals surface area contributed by atoms with Gasteiger partial charge in [0.25, 0.3) is 6.26 Å². The Labute approximate surface area is 60.9 Å². The third-order valence-corrected chi connectivity index (χ3v) is 0.743. The van der Waals surface area contributed by atoms with Gasteiger partial charge in [0.1, 0.15) is 6.61 Å². The molecule has 0 saturated heterocycles. The van der Waals surface area contributed by atoms with Crippen molar-refractivity contribution in [1.29, 1.82) is 5.26 Å². The average molecular weight is 141 g/mol. The fourth-order valence-electron chi connectivity index (χ4n) is 0.393. The van der Waals surface area contributed by atoms with Crippen LogP contribution in [0.25, 0.3) is 0 Å². The molecule has 0 N–H and O–H groups in total. The van der Waals surface area contributed by atoms with Crippen molar-refractivity contribution in [2.45, 2.75) is 6.92 Å². The van der Waals surface area contributed by atoms with Crippen LogP contribution >= 0.6 is 0 Å². The van der Waals surface area contributed by atoms with Crippen molar-refractivity contribution in [3.05, 3.63) is 12.2 Å². The molecule has 0 saturated carbocycles. The van der Waals surface area contributed by atoms with Gasteiger partial charge >= 0.3 is 0 Å². The molecule has 0 rings (SSSR count). The van der Waals surface area contributed by atoms with Crippen LogP contribution in [0.3, 0.4) is 0 Å². The maximum atomic E-state index is 7.93. The van der Waals surface area contributed by atoms with Gasteiger partial charge in [0.2, 0.25) is 0 Å². The first-order chi connectivity index (χ1) is 4.77. The van der Waals surface area contributed by atoms with Crippen LogP contribution in [0.4, 0.5) is 0 Å². The zero-order chi connectivity index (χ0) is 7.82. The lowest BCUT2D eigenvalue weighted by molar-refractivity contribution is 0.105. The molecule has 0 unspecified atom stereocenters. The van der Waals surface area contributed by atoms with Gasteiger partial charge < -0.3 is 9.47 Å². The standard InChI is InChI=1S/C7H11NO2/c1-7(2)5-9-3-4-10-6-8/h1,3-5H2,2H3. The summed E-state index contributed by atoms with van der Waals surface area (Å²) in [5, 5.41) is 7.93. The summed E-state index contributed by atoms with van der Waals surface area (Å²) in [6, 6.07) is 0. The summed E-state index contributed by atoms with van der Waals surface area (Å²) >= 11 is 0. The van der Waals surface area contributed by atoms with Crippen LogP contribution in [0.5, 0.6) is 0 Å². The minimum absolute atomic E-state index is 0.323. The van der Waals surface area contributed by atoms with Crippen LogP contribution in [0.1, 0.15) is 6.92 Å². The highest BCUT2D eigenvalue weighted by atomic mass is 16.5. The highest BCUT2D eigenvalue weighted by molar-refractivity contribution is 4.87. The monoisotopic (exact) mass is 141 g/mol. The Bertz CT molecular complexity index is 137. The van der Waals surface area contributed by atoms with Crippen molar-refractivity contribution in [2.75, 3.05) is 19.8 Å². The van der Waals surface area contributed by atoms with E-state index in [1.165, 1.54) is 0 Å². The molecule has 3 nitrogen and oxygen atoms in total.